The third-order valence-corrected chi connectivity index (χ3v) is 6.86. The molecule has 0 spiro atoms. The van der Waals surface area contributed by atoms with Gasteiger partial charge in [-0.3, -0.25) is 4.79 Å². The predicted octanol–water partition coefficient (Wildman–Crippen LogP) is 4.00. The second-order valence-corrected chi connectivity index (χ2v) is 8.56. The van der Waals surface area contributed by atoms with Crippen LogP contribution in [0.3, 0.4) is 0 Å². The van der Waals surface area contributed by atoms with Crippen LogP contribution in [0, 0.1) is 0 Å². The van der Waals surface area contributed by atoms with Gasteiger partial charge >= 0.3 is 0 Å². The van der Waals surface area contributed by atoms with Crippen LogP contribution in [0.1, 0.15) is 10.4 Å². The van der Waals surface area contributed by atoms with E-state index in [4.69, 9.17) is 14.5 Å². The Labute approximate surface area is 178 Å². The molecule has 1 fully saturated rings. The Bertz CT molecular complexity index is 1030. The predicted molar refractivity (Wildman–Crippen MR) is 119 cm³/mol. The van der Waals surface area contributed by atoms with E-state index in [9.17, 15) is 4.79 Å². The number of aromatic nitrogens is 1. The first kappa shape index (κ1) is 19.8. The fourth-order valence-corrected chi connectivity index (χ4v) is 4.98. The van der Waals surface area contributed by atoms with E-state index in [1.54, 1.807) is 55.5 Å². The van der Waals surface area contributed by atoms with Crippen molar-refractivity contribution in [1.82, 2.24) is 9.88 Å². The number of thiazole rings is 1. The molecule has 0 N–H and O–H groups in total. The Morgan fingerprint density at radius 3 is 2.55 bits per heavy atom. The third-order valence-electron chi connectivity index (χ3n) is 5.06. The Morgan fingerprint density at radius 1 is 1.07 bits per heavy atom. The number of piperazine rings is 1. The maximum absolute atomic E-state index is 13.1. The molecule has 0 bridgehead atoms. The van der Waals surface area contributed by atoms with Crippen molar-refractivity contribution in [3.63, 3.8) is 0 Å². The SMILES string of the molecule is COc1ccc(OC)c(C(=O)N2CCN(c3nc4ccc(SC)cc4s3)CC2)c1. The molecule has 0 radical (unpaired) electrons. The molecule has 1 amide bonds. The second-order valence-electron chi connectivity index (χ2n) is 6.68. The van der Waals surface area contributed by atoms with Crippen molar-refractivity contribution in [2.45, 2.75) is 4.90 Å². The summed E-state index contributed by atoms with van der Waals surface area (Å²) in [7, 11) is 3.17. The zero-order chi connectivity index (χ0) is 20.4. The minimum absolute atomic E-state index is 0.0330. The van der Waals surface area contributed by atoms with Gasteiger partial charge in [-0.25, -0.2) is 4.98 Å². The van der Waals surface area contributed by atoms with Crippen LogP contribution in [0.15, 0.2) is 41.3 Å². The average Bonchev–Trinajstić information content (AvgIpc) is 3.21. The highest BCUT2D eigenvalue weighted by Crippen LogP contribution is 2.32. The minimum Gasteiger partial charge on any atom is -0.497 e. The molecule has 0 aliphatic carbocycles. The first-order valence-electron chi connectivity index (χ1n) is 9.33. The van der Waals surface area contributed by atoms with Crippen LogP contribution >= 0.6 is 23.1 Å². The van der Waals surface area contributed by atoms with Gasteiger partial charge in [-0.1, -0.05) is 11.3 Å². The fraction of sp³-hybridized carbons (Fsp3) is 0.333. The number of ether oxygens (including phenoxy) is 2. The number of fused-ring (bicyclic) bond motifs is 1. The molecule has 1 aliphatic heterocycles. The number of hydrogen-bond acceptors (Lipinski definition) is 7. The molecule has 4 rings (SSSR count). The summed E-state index contributed by atoms with van der Waals surface area (Å²) in [5, 5.41) is 1.02. The average molecular weight is 430 g/mol. The molecular formula is C21H23N3O3S2. The van der Waals surface area contributed by atoms with Crippen molar-refractivity contribution in [3.8, 4) is 11.5 Å². The summed E-state index contributed by atoms with van der Waals surface area (Å²) in [6.45, 7) is 2.80. The number of benzene rings is 2. The molecule has 152 valence electrons. The van der Waals surface area contributed by atoms with Crippen molar-refractivity contribution in [2.75, 3.05) is 51.6 Å². The lowest BCUT2D eigenvalue weighted by Crippen LogP contribution is -2.48. The maximum atomic E-state index is 13.1. The van der Waals surface area contributed by atoms with Gasteiger partial charge in [-0.2, -0.15) is 0 Å². The number of methoxy groups -OCH3 is 2. The number of rotatable bonds is 5. The molecule has 1 aromatic heterocycles. The van der Waals surface area contributed by atoms with Crippen molar-refractivity contribution < 1.29 is 14.3 Å². The van der Waals surface area contributed by atoms with Crippen LogP contribution in [-0.4, -0.2) is 62.4 Å². The normalized spacial score (nSPS) is 14.3. The highest BCUT2D eigenvalue weighted by Gasteiger charge is 2.26. The molecule has 2 aromatic carbocycles. The monoisotopic (exact) mass is 429 g/mol. The highest BCUT2D eigenvalue weighted by molar-refractivity contribution is 7.98. The van der Waals surface area contributed by atoms with Gasteiger partial charge in [-0.15, -0.1) is 11.8 Å². The number of anilines is 1. The number of nitrogens with zero attached hydrogens (tertiary/aromatic N) is 3. The van der Waals surface area contributed by atoms with Crippen LogP contribution < -0.4 is 14.4 Å². The minimum atomic E-state index is -0.0330. The van der Waals surface area contributed by atoms with Crippen molar-refractivity contribution in [1.29, 1.82) is 0 Å². The first-order chi connectivity index (χ1) is 14.1. The van der Waals surface area contributed by atoms with Gasteiger partial charge in [0, 0.05) is 31.1 Å². The summed E-state index contributed by atoms with van der Waals surface area (Å²) in [6, 6.07) is 11.7. The smallest absolute Gasteiger partial charge is 0.257 e. The Morgan fingerprint density at radius 2 is 1.86 bits per heavy atom. The largest absolute Gasteiger partial charge is 0.497 e. The molecule has 1 saturated heterocycles. The number of amides is 1. The lowest BCUT2D eigenvalue weighted by atomic mass is 10.1. The molecule has 1 aliphatic rings. The molecule has 2 heterocycles. The van der Waals surface area contributed by atoms with E-state index in [2.05, 4.69) is 29.4 Å². The summed E-state index contributed by atoms with van der Waals surface area (Å²) in [5.41, 5.74) is 1.56. The van der Waals surface area contributed by atoms with E-state index in [1.807, 2.05) is 4.90 Å². The molecule has 3 aromatic rings. The number of carbonyl (C=O) groups is 1. The van der Waals surface area contributed by atoms with E-state index in [0.29, 0.717) is 30.2 Å². The summed E-state index contributed by atoms with van der Waals surface area (Å²) in [4.78, 5) is 23.2. The van der Waals surface area contributed by atoms with Gasteiger partial charge in [0.15, 0.2) is 5.13 Å². The Kier molecular flexibility index (Phi) is 5.82. The topological polar surface area (TPSA) is 54.9 Å². The lowest BCUT2D eigenvalue weighted by molar-refractivity contribution is 0.0743. The summed E-state index contributed by atoms with van der Waals surface area (Å²) >= 11 is 3.45. The number of hydrogen-bond donors (Lipinski definition) is 0. The van der Waals surface area contributed by atoms with Crippen LogP contribution in [0.5, 0.6) is 11.5 Å². The van der Waals surface area contributed by atoms with Crippen LogP contribution in [0.4, 0.5) is 5.13 Å². The number of thioether (sulfide) groups is 1. The van der Waals surface area contributed by atoms with Gasteiger partial charge in [0.1, 0.15) is 11.5 Å². The van der Waals surface area contributed by atoms with E-state index < -0.39 is 0 Å². The molecule has 0 atom stereocenters. The van der Waals surface area contributed by atoms with E-state index >= 15 is 0 Å². The van der Waals surface area contributed by atoms with E-state index in [0.717, 1.165) is 23.7 Å². The van der Waals surface area contributed by atoms with Gasteiger partial charge < -0.3 is 19.3 Å². The lowest BCUT2D eigenvalue weighted by Gasteiger charge is -2.34. The Balaban J connectivity index is 1.47. The van der Waals surface area contributed by atoms with Gasteiger partial charge in [0.2, 0.25) is 0 Å². The van der Waals surface area contributed by atoms with Gasteiger partial charge in [0.05, 0.1) is 30.0 Å². The summed E-state index contributed by atoms with van der Waals surface area (Å²) in [6.07, 6.45) is 2.08. The molecule has 8 heteroatoms. The standard InChI is InChI=1S/C21H23N3O3S2/c1-26-14-4-7-18(27-2)16(12-14)20(25)23-8-10-24(11-9-23)21-22-17-6-5-15(28-3)13-19(17)29-21/h4-7,12-13H,8-11H2,1-3H3. The van der Waals surface area contributed by atoms with Crippen LogP contribution in [-0.2, 0) is 0 Å². The summed E-state index contributed by atoms with van der Waals surface area (Å²) in [5.74, 6) is 1.18. The third kappa shape index (κ3) is 4.00. The molecule has 6 nitrogen and oxygen atoms in total. The number of carbonyl (C=O) groups excluding carboxylic acids is 1. The van der Waals surface area contributed by atoms with Crippen molar-refractivity contribution >= 4 is 44.4 Å². The molecule has 0 saturated carbocycles. The van der Waals surface area contributed by atoms with Gasteiger partial charge in [-0.05, 0) is 42.7 Å². The van der Waals surface area contributed by atoms with Crippen molar-refractivity contribution in [2.24, 2.45) is 0 Å². The Hall–Kier alpha value is -2.45. The van der Waals surface area contributed by atoms with Crippen LogP contribution in [0.2, 0.25) is 0 Å². The zero-order valence-corrected chi connectivity index (χ0v) is 18.3. The van der Waals surface area contributed by atoms with E-state index in [-0.39, 0.29) is 5.91 Å². The fourth-order valence-electron chi connectivity index (χ4n) is 3.41. The van der Waals surface area contributed by atoms with Crippen molar-refractivity contribution in [3.05, 3.63) is 42.0 Å². The highest BCUT2D eigenvalue weighted by atomic mass is 32.2. The first-order valence-corrected chi connectivity index (χ1v) is 11.4. The molecular weight excluding hydrogens is 406 g/mol. The molecule has 29 heavy (non-hydrogen) atoms. The van der Waals surface area contributed by atoms with Gasteiger partial charge in [0.25, 0.3) is 5.91 Å². The molecule has 0 unspecified atom stereocenters. The second kappa shape index (κ2) is 8.51. The maximum Gasteiger partial charge on any atom is 0.257 e. The van der Waals surface area contributed by atoms with Crippen LogP contribution in [0.25, 0.3) is 10.2 Å². The van der Waals surface area contributed by atoms with E-state index in [1.165, 1.54) is 9.60 Å². The zero-order valence-electron chi connectivity index (χ0n) is 16.7. The quantitative estimate of drug-likeness (QED) is 0.572. The summed E-state index contributed by atoms with van der Waals surface area (Å²) < 4.78 is 11.8.